The molecule has 0 saturated heterocycles. The molecule has 2 nitrogen and oxygen atoms in total. The number of anilines is 1. The Labute approximate surface area is 118 Å². The number of hydrogen-bond donors (Lipinski definition) is 1. The van der Waals surface area contributed by atoms with Crippen LogP contribution in [-0.2, 0) is 6.42 Å². The molecular formula is C17H28N2. The Balaban J connectivity index is 1.72. The summed E-state index contributed by atoms with van der Waals surface area (Å²) >= 11 is 0. The summed E-state index contributed by atoms with van der Waals surface area (Å²) in [5.41, 5.74) is 2.98. The fourth-order valence-corrected chi connectivity index (χ4v) is 2.89. The highest BCUT2D eigenvalue weighted by molar-refractivity contribution is 5.59. The van der Waals surface area contributed by atoms with Gasteiger partial charge in [0.25, 0.3) is 0 Å². The van der Waals surface area contributed by atoms with E-state index in [-0.39, 0.29) is 0 Å². The maximum absolute atomic E-state index is 3.52. The Bertz CT molecular complexity index is 387. The summed E-state index contributed by atoms with van der Waals surface area (Å²) in [6.45, 7) is 10.4. The number of rotatable bonds is 7. The predicted molar refractivity (Wildman–Crippen MR) is 83.9 cm³/mol. The van der Waals surface area contributed by atoms with Gasteiger partial charge in [-0.3, -0.25) is 0 Å². The number of benzene rings is 1. The number of nitrogens with zero attached hydrogens (tertiary/aromatic N) is 1. The van der Waals surface area contributed by atoms with E-state index in [2.05, 4.69) is 55.3 Å². The highest BCUT2D eigenvalue weighted by atomic mass is 15.2. The van der Waals surface area contributed by atoms with Gasteiger partial charge < -0.3 is 10.2 Å². The topological polar surface area (TPSA) is 15.3 Å². The van der Waals surface area contributed by atoms with E-state index in [0.29, 0.717) is 6.04 Å². The molecule has 1 unspecified atom stereocenters. The van der Waals surface area contributed by atoms with Crippen molar-refractivity contribution in [1.82, 2.24) is 5.32 Å². The van der Waals surface area contributed by atoms with Gasteiger partial charge in [-0.15, -0.1) is 0 Å². The van der Waals surface area contributed by atoms with Crippen LogP contribution in [0.2, 0.25) is 0 Å². The molecule has 1 heterocycles. The fourth-order valence-electron chi connectivity index (χ4n) is 2.89. The van der Waals surface area contributed by atoms with Gasteiger partial charge >= 0.3 is 0 Å². The average Bonchev–Trinajstić information content (AvgIpc) is 2.69. The van der Waals surface area contributed by atoms with E-state index in [9.17, 15) is 0 Å². The van der Waals surface area contributed by atoms with Crippen molar-refractivity contribution in [2.45, 2.75) is 46.1 Å². The van der Waals surface area contributed by atoms with Gasteiger partial charge in [0.1, 0.15) is 0 Å². The highest BCUT2D eigenvalue weighted by Crippen LogP contribution is 2.31. The van der Waals surface area contributed by atoms with Crippen LogP contribution in [0.5, 0.6) is 0 Å². The zero-order valence-corrected chi connectivity index (χ0v) is 12.7. The monoisotopic (exact) mass is 260 g/mol. The summed E-state index contributed by atoms with van der Waals surface area (Å²) in [6.07, 6.45) is 3.77. The van der Waals surface area contributed by atoms with Crippen molar-refractivity contribution in [1.29, 1.82) is 0 Å². The van der Waals surface area contributed by atoms with Crippen LogP contribution in [0.3, 0.4) is 0 Å². The normalized spacial score (nSPS) is 18.1. The third kappa shape index (κ3) is 3.97. The summed E-state index contributed by atoms with van der Waals surface area (Å²) < 4.78 is 0. The van der Waals surface area contributed by atoms with E-state index in [1.165, 1.54) is 37.1 Å². The zero-order valence-electron chi connectivity index (χ0n) is 12.7. The molecule has 1 aromatic carbocycles. The summed E-state index contributed by atoms with van der Waals surface area (Å²) in [6, 6.07) is 9.53. The molecule has 0 spiro atoms. The summed E-state index contributed by atoms with van der Waals surface area (Å²) in [4.78, 5) is 2.58. The predicted octanol–water partition coefficient (Wildman–Crippen LogP) is 3.46. The third-order valence-electron chi connectivity index (χ3n) is 3.90. The molecule has 1 aliphatic heterocycles. The molecule has 0 aromatic heterocycles. The quantitative estimate of drug-likeness (QED) is 0.755. The Morgan fingerprint density at radius 3 is 2.84 bits per heavy atom. The molecule has 0 fully saturated rings. The van der Waals surface area contributed by atoms with Crippen LogP contribution in [0.4, 0.5) is 5.69 Å². The first-order chi connectivity index (χ1) is 9.18. The molecule has 0 aliphatic carbocycles. The molecule has 106 valence electrons. The Hall–Kier alpha value is -1.02. The summed E-state index contributed by atoms with van der Waals surface area (Å²) in [5.74, 6) is 0.755. The van der Waals surface area contributed by atoms with Crippen molar-refractivity contribution in [2.24, 2.45) is 5.92 Å². The van der Waals surface area contributed by atoms with Crippen LogP contribution in [-0.4, -0.2) is 25.7 Å². The molecule has 19 heavy (non-hydrogen) atoms. The van der Waals surface area contributed by atoms with Crippen LogP contribution in [0, 0.1) is 5.92 Å². The lowest BCUT2D eigenvalue weighted by molar-refractivity contribution is 0.530. The first kappa shape index (κ1) is 14.4. The molecule has 1 aromatic rings. The van der Waals surface area contributed by atoms with Gasteiger partial charge in [-0.25, -0.2) is 0 Å². The van der Waals surface area contributed by atoms with Crippen LogP contribution >= 0.6 is 0 Å². The minimum Gasteiger partial charge on any atom is -0.368 e. The largest absolute Gasteiger partial charge is 0.368 e. The van der Waals surface area contributed by atoms with E-state index < -0.39 is 0 Å². The van der Waals surface area contributed by atoms with Crippen LogP contribution in [0.15, 0.2) is 24.3 Å². The lowest BCUT2D eigenvalue weighted by Gasteiger charge is -2.25. The second kappa shape index (κ2) is 6.95. The molecule has 0 amide bonds. The van der Waals surface area contributed by atoms with Gasteiger partial charge in [-0.1, -0.05) is 32.0 Å². The van der Waals surface area contributed by atoms with Crippen molar-refractivity contribution in [3.05, 3.63) is 29.8 Å². The number of unbranched alkanes of at least 4 members (excludes halogenated alkanes) is 1. The molecule has 1 N–H and O–H groups in total. The van der Waals surface area contributed by atoms with E-state index in [0.717, 1.165) is 19.0 Å². The van der Waals surface area contributed by atoms with Crippen LogP contribution in [0.25, 0.3) is 0 Å². The van der Waals surface area contributed by atoms with Gasteiger partial charge in [-0.2, -0.15) is 0 Å². The van der Waals surface area contributed by atoms with E-state index in [4.69, 9.17) is 0 Å². The van der Waals surface area contributed by atoms with Crippen molar-refractivity contribution >= 4 is 5.69 Å². The maximum Gasteiger partial charge on any atom is 0.0402 e. The minimum atomic E-state index is 0.668. The molecule has 2 rings (SSSR count). The van der Waals surface area contributed by atoms with E-state index in [1.54, 1.807) is 0 Å². The van der Waals surface area contributed by atoms with E-state index in [1.807, 2.05) is 0 Å². The lowest BCUT2D eigenvalue weighted by Crippen LogP contribution is -2.30. The minimum absolute atomic E-state index is 0.668. The second-order valence-corrected chi connectivity index (χ2v) is 6.18. The summed E-state index contributed by atoms with van der Waals surface area (Å²) in [7, 11) is 0. The average molecular weight is 260 g/mol. The Morgan fingerprint density at radius 2 is 2.05 bits per heavy atom. The first-order valence-corrected chi connectivity index (χ1v) is 7.73. The van der Waals surface area contributed by atoms with Crippen molar-refractivity contribution < 1.29 is 0 Å². The molecular weight excluding hydrogens is 232 g/mol. The highest BCUT2D eigenvalue weighted by Gasteiger charge is 2.24. The molecule has 0 saturated carbocycles. The van der Waals surface area contributed by atoms with Gasteiger partial charge in [0.15, 0.2) is 0 Å². The van der Waals surface area contributed by atoms with E-state index >= 15 is 0 Å². The van der Waals surface area contributed by atoms with Crippen LogP contribution in [0.1, 0.15) is 39.2 Å². The van der Waals surface area contributed by atoms with Crippen LogP contribution < -0.4 is 10.2 Å². The number of para-hydroxylation sites is 1. The second-order valence-electron chi connectivity index (χ2n) is 6.18. The van der Waals surface area contributed by atoms with Gasteiger partial charge in [0, 0.05) is 18.3 Å². The molecule has 0 radical (unpaired) electrons. The Kier molecular flexibility index (Phi) is 5.26. The fraction of sp³-hybridized carbons (Fsp3) is 0.647. The first-order valence-electron chi connectivity index (χ1n) is 7.73. The smallest absolute Gasteiger partial charge is 0.0402 e. The number of hydrogen-bond acceptors (Lipinski definition) is 2. The number of fused-ring (bicyclic) bond motifs is 1. The summed E-state index contributed by atoms with van der Waals surface area (Å²) in [5, 5.41) is 3.52. The van der Waals surface area contributed by atoms with Gasteiger partial charge in [0.2, 0.25) is 0 Å². The Morgan fingerprint density at radius 1 is 1.26 bits per heavy atom. The molecule has 1 aliphatic rings. The third-order valence-corrected chi connectivity index (χ3v) is 3.90. The standard InChI is InChI=1S/C17H28N2/c1-14(2)13-18-10-6-7-11-19-15(3)12-16-8-4-5-9-17(16)19/h4-5,8-9,14-15,18H,6-7,10-13H2,1-3H3. The van der Waals surface area contributed by atoms with Crippen molar-refractivity contribution in [2.75, 3.05) is 24.5 Å². The van der Waals surface area contributed by atoms with Gasteiger partial charge in [-0.05, 0) is 56.8 Å². The maximum atomic E-state index is 3.52. The molecule has 0 bridgehead atoms. The SMILES string of the molecule is CC(C)CNCCCCN1c2ccccc2CC1C. The van der Waals surface area contributed by atoms with Crippen molar-refractivity contribution in [3.8, 4) is 0 Å². The van der Waals surface area contributed by atoms with Gasteiger partial charge in [0.05, 0.1) is 0 Å². The van der Waals surface area contributed by atoms with Crippen molar-refractivity contribution in [3.63, 3.8) is 0 Å². The lowest BCUT2D eigenvalue weighted by atomic mass is 10.1. The molecule has 1 atom stereocenters. The molecule has 2 heteroatoms. The zero-order chi connectivity index (χ0) is 13.7. The number of nitrogens with one attached hydrogen (secondary N) is 1.